The highest BCUT2D eigenvalue weighted by Gasteiger charge is 2.46. The molecule has 4 rings (SSSR count). The molecule has 3 heterocycles. The van der Waals surface area contributed by atoms with E-state index in [4.69, 9.17) is 9.47 Å². The number of carbonyl (C=O) groups excluding carboxylic acids is 3. The van der Waals surface area contributed by atoms with Crippen LogP contribution in [0.3, 0.4) is 0 Å². The predicted octanol–water partition coefficient (Wildman–Crippen LogP) is 2.56. The van der Waals surface area contributed by atoms with Crippen molar-refractivity contribution in [3.05, 3.63) is 64.0 Å². The summed E-state index contributed by atoms with van der Waals surface area (Å²) < 4.78 is 10.2. The maximum Gasteiger partial charge on any atom is 0.354 e. The van der Waals surface area contributed by atoms with Gasteiger partial charge >= 0.3 is 5.97 Å². The first-order valence-electron chi connectivity index (χ1n) is 11.8. The molecule has 2 aliphatic heterocycles. The van der Waals surface area contributed by atoms with E-state index in [1.54, 1.807) is 18.7 Å². The first-order valence-corrected chi connectivity index (χ1v) is 11.8. The number of amides is 1. The van der Waals surface area contributed by atoms with Crippen molar-refractivity contribution in [1.82, 2.24) is 14.8 Å². The summed E-state index contributed by atoms with van der Waals surface area (Å²) in [5.41, 5.74) is 2.25. The summed E-state index contributed by atoms with van der Waals surface area (Å²) in [5, 5.41) is 11.4. The van der Waals surface area contributed by atoms with Crippen molar-refractivity contribution in [2.45, 2.75) is 26.3 Å². The molecule has 2 aromatic rings. The second-order valence-corrected chi connectivity index (χ2v) is 8.83. The van der Waals surface area contributed by atoms with Gasteiger partial charge in [0, 0.05) is 37.4 Å². The topological polar surface area (TPSA) is 112 Å². The van der Waals surface area contributed by atoms with Crippen LogP contribution in [0.2, 0.25) is 0 Å². The number of aromatic amines is 1. The monoisotopic (exact) mass is 481 g/mol. The summed E-state index contributed by atoms with van der Waals surface area (Å²) in [6.45, 7) is 7.59. The highest BCUT2D eigenvalue weighted by Crippen LogP contribution is 2.40. The fourth-order valence-corrected chi connectivity index (χ4v) is 4.93. The molecule has 0 saturated carbocycles. The molecule has 35 heavy (non-hydrogen) atoms. The van der Waals surface area contributed by atoms with Gasteiger partial charge < -0.3 is 24.5 Å². The molecule has 2 aliphatic rings. The van der Waals surface area contributed by atoms with Gasteiger partial charge in [0.2, 0.25) is 0 Å². The van der Waals surface area contributed by atoms with Gasteiger partial charge in [-0.15, -0.1) is 0 Å². The van der Waals surface area contributed by atoms with Gasteiger partial charge in [0.1, 0.15) is 11.5 Å². The number of rotatable bonds is 7. The van der Waals surface area contributed by atoms with Crippen LogP contribution in [0, 0.1) is 13.8 Å². The molecule has 2 fully saturated rings. The SMILES string of the molecule is COC(=O)c1[nH]c(C)c(C(O)=C2C(=O)C(=O)N(CCCN3CCOCC3)[C@H]2c2ccccc2)c1C. The molecule has 9 nitrogen and oxygen atoms in total. The van der Waals surface area contributed by atoms with Gasteiger partial charge in [-0.2, -0.15) is 0 Å². The standard InChI is InChI=1S/C26H31N3O6/c1-16-19(17(2)27-21(16)26(33)34-3)23(30)20-22(18-8-5-4-6-9-18)29(25(32)24(20)31)11-7-10-28-12-14-35-15-13-28/h4-6,8-9,22,27,30H,7,10-15H2,1-3H3/t22-/m0/s1. The predicted molar refractivity (Wildman–Crippen MR) is 129 cm³/mol. The van der Waals surface area contributed by atoms with Crippen LogP contribution < -0.4 is 0 Å². The van der Waals surface area contributed by atoms with Gasteiger partial charge in [0.05, 0.1) is 31.9 Å². The number of ketones is 1. The molecule has 2 saturated heterocycles. The lowest BCUT2D eigenvalue weighted by Crippen LogP contribution is -2.38. The van der Waals surface area contributed by atoms with Crippen LogP contribution in [0.4, 0.5) is 0 Å². The highest BCUT2D eigenvalue weighted by molar-refractivity contribution is 6.46. The second kappa shape index (κ2) is 10.5. The van der Waals surface area contributed by atoms with E-state index >= 15 is 0 Å². The Bertz CT molecular complexity index is 1150. The van der Waals surface area contributed by atoms with Crippen LogP contribution in [0.1, 0.15) is 45.3 Å². The normalized spacial score (nSPS) is 20.4. The fraction of sp³-hybridized carbons (Fsp3) is 0.423. The van der Waals surface area contributed by atoms with E-state index in [9.17, 15) is 19.5 Å². The number of benzene rings is 1. The number of aromatic nitrogens is 1. The Kier molecular flexibility index (Phi) is 7.37. The van der Waals surface area contributed by atoms with E-state index in [0.29, 0.717) is 43.0 Å². The third-order valence-electron chi connectivity index (χ3n) is 6.70. The first kappa shape index (κ1) is 24.7. The molecule has 1 atom stereocenters. The minimum absolute atomic E-state index is 0.0224. The molecular weight excluding hydrogens is 450 g/mol. The van der Waals surface area contributed by atoms with Crippen LogP contribution in [0.5, 0.6) is 0 Å². The minimum Gasteiger partial charge on any atom is -0.507 e. The van der Waals surface area contributed by atoms with Crippen molar-refractivity contribution in [3.8, 4) is 0 Å². The lowest BCUT2D eigenvalue weighted by Gasteiger charge is -2.29. The van der Waals surface area contributed by atoms with Gasteiger partial charge in [-0.05, 0) is 31.4 Å². The third-order valence-corrected chi connectivity index (χ3v) is 6.70. The number of methoxy groups -OCH3 is 1. The molecule has 0 aliphatic carbocycles. The number of nitrogens with zero attached hydrogens (tertiary/aromatic N) is 2. The zero-order chi connectivity index (χ0) is 25.1. The number of carbonyl (C=O) groups is 3. The third kappa shape index (κ3) is 4.74. The molecule has 0 radical (unpaired) electrons. The van der Waals surface area contributed by atoms with Crippen LogP contribution in [0.25, 0.3) is 5.76 Å². The van der Waals surface area contributed by atoms with Crippen LogP contribution in [0.15, 0.2) is 35.9 Å². The fourth-order valence-electron chi connectivity index (χ4n) is 4.93. The Morgan fingerprint density at radius 3 is 2.49 bits per heavy atom. The Hall–Kier alpha value is -3.43. The summed E-state index contributed by atoms with van der Waals surface area (Å²) in [7, 11) is 1.27. The number of aliphatic hydroxyl groups excluding tert-OH is 1. The molecule has 0 spiro atoms. The number of aryl methyl sites for hydroxylation is 1. The Morgan fingerprint density at radius 2 is 1.83 bits per heavy atom. The van der Waals surface area contributed by atoms with Gasteiger partial charge in [0.15, 0.2) is 0 Å². The molecule has 0 unspecified atom stereocenters. The van der Waals surface area contributed by atoms with Crippen LogP contribution in [-0.4, -0.2) is 84.1 Å². The number of hydrogen-bond donors (Lipinski definition) is 2. The second-order valence-electron chi connectivity index (χ2n) is 8.83. The average Bonchev–Trinajstić information content (AvgIpc) is 3.31. The van der Waals surface area contributed by atoms with Crippen LogP contribution >= 0.6 is 0 Å². The molecule has 1 amide bonds. The summed E-state index contributed by atoms with van der Waals surface area (Å²) in [6.07, 6.45) is 0.686. The number of esters is 1. The zero-order valence-corrected chi connectivity index (χ0v) is 20.3. The van der Waals surface area contributed by atoms with Gasteiger partial charge in [-0.25, -0.2) is 4.79 Å². The van der Waals surface area contributed by atoms with Gasteiger partial charge in [-0.1, -0.05) is 30.3 Å². The number of Topliss-reactive ketones (excluding diaryl/α,β-unsaturated/α-hetero) is 1. The molecule has 9 heteroatoms. The smallest absolute Gasteiger partial charge is 0.354 e. The largest absolute Gasteiger partial charge is 0.507 e. The molecule has 1 aromatic heterocycles. The number of likely N-dealkylation sites (tertiary alicyclic amines) is 1. The Morgan fingerprint density at radius 1 is 1.14 bits per heavy atom. The first-order chi connectivity index (χ1) is 16.8. The van der Waals surface area contributed by atoms with E-state index in [-0.39, 0.29) is 17.0 Å². The number of hydrogen-bond acceptors (Lipinski definition) is 7. The number of nitrogens with one attached hydrogen (secondary N) is 1. The summed E-state index contributed by atoms with van der Waals surface area (Å²) >= 11 is 0. The van der Waals surface area contributed by atoms with Crippen molar-refractivity contribution in [2.24, 2.45) is 0 Å². The maximum absolute atomic E-state index is 13.3. The molecule has 1 aromatic carbocycles. The highest BCUT2D eigenvalue weighted by atomic mass is 16.5. The zero-order valence-electron chi connectivity index (χ0n) is 20.3. The number of morpholine rings is 1. The quantitative estimate of drug-likeness (QED) is 0.271. The van der Waals surface area contributed by atoms with Crippen molar-refractivity contribution >= 4 is 23.4 Å². The van der Waals surface area contributed by atoms with Crippen LogP contribution in [-0.2, 0) is 19.1 Å². The Labute approximate surface area is 204 Å². The number of H-pyrrole nitrogens is 1. The summed E-state index contributed by atoms with van der Waals surface area (Å²) in [4.78, 5) is 45.3. The maximum atomic E-state index is 13.3. The van der Waals surface area contributed by atoms with Gasteiger partial charge in [-0.3, -0.25) is 14.5 Å². The lowest BCUT2D eigenvalue weighted by atomic mass is 9.94. The van der Waals surface area contributed by atoms with Crippen molar-refractivity contribution < 1.29 is 29.0 Å². The van der Waals surface area contributed by atoms with E-state index in [1.165, 1.54) is 7.11 Å². The van der Waals surface area contributed by atoms with E-state index in [1.807, 2.05) is 30.3 Å². The Balaban J connectivity index is 1.72. The van der Waals surface area contributed by atoms with E-state index < -0.39 is 23.7 Å². The van der Waals surface area contributed by atoms with Crippen molar-refractivity contribution in [2.75, 3.05) is 46.5 Å². The molecule has 2 N–H and O–H groups in total. The summed E-state index contributed by atoms with van der Waals surface area (Å²) in [6, 6.07) is 8.50. The summed E-state index contributed by atoms with van der Waals surface area (Å²) in [5.74, 6) is -2.24. The molecule has 0 bridgehead atoms. The lowest BCUT2D eigenvalue weighted by molar-refractivity contribution is -0.140. The van der Waals surface area contributed by atoms with Gasteiger partial charge in [0.25, 0.3) is 11.7 Å². The van der Waals surface area contributed by atoms with Crippen molar-refractivity contribution in [3.63, 3.8) is 0 Å². The van der Waals surface area contributed by atoms with E-state index in [0.717, 1.165) is 25.2 Å². The number of ether oxygens (including phenoxy) is 2. The van der Waals surface area contributed by atoms with Crippen molar-refractivity contribution in [1.29, 1.82) is 0 Å². The number of aliphatic hydroxyl groups is 1. The average molecular weight is 482 g/mol. The molecule has 186 valence electrons. The van der Waals surface area contributed by atoms with E-state index in [2.05, 4.69) is 9.88 Å². The molecular formula is C26H31N3O6. The minimum atomic E-state index is -0.734.